The van der Waals surface area contributed by atoms with Crippen LogP contribution in [0.5, 0.6) is 0 Å². The van der Waals surface area contributed by atoms with Gasteiger partial charge in [0.2, 0.25) is 0 Å². The largest absolute Gasteiger partial charge is 0.462 e. The lowest BCUT2D eigenvalue weighted by Crippen LogP contribution is -2.30. The molecule has 0 spiro atoms. The number of hydrogen-bond donors (Lipinski definition) is 0. The molecule has 0 aromatic carbocycles. The predicted octanol–water partition coefficient (Wildman–Crippen LogP) is 24.4. The van der Waals surface area contributed by atoms with Crippen LogP contribution in [0.4, 0.5) is 0 Å². The van der Waals surface area contributed by atoms with Crippen molar-refractivity contribution in [2.24, 2.45) is 0 Å². The molecule has 0 amide bonds. The highest BCUT2D eigenvalue weighted by molar-refractivity contribution is 5.72. The molecule has 0 bridgehead atoms. The van der Waals surface area contributed by atoms with Crippen molar-refractivity contribution in [3.63, 3.8) is 0 Å². The Kier molecular flexibility index (Phi) is 66.7. The van der Waals surface area contributed by atoms with Gasteiger partial charge in [0.05, 0.1) is 6.42 Å². The lowest BCUT2D eigenvalue weighted by atomic mass is 10.0. The van der Waals surface area contributed by atoms with Crippen molar-refractivity contribution in [1.82, 2.24) is 0 Å². The Labute approximate surface area is 508 Å². The average molecular weight is 1140 g/mol. The molecular weight excluding hydrogens is 1010 g/mol. The molecule has 0 N–H and O–H groups in total. The summed E-state index contributed by atoms with van der Waals surface area (Å²) >= 11 is 0. The van der Waals surface area contributed by atoms with Crippen LogP contribution >= 0.6 is 0 Å². The van der Waals surface area contributed by atoms with Gasteiger partial charge in [0, 0.05) is 12.8 Å². The molecule has 82 heavy (non-hydrogen) atoms. The van der Waals surface area contributed by atoms with Crippen molar-refractivity contribution < 1.29 is 28.6 Å². The molecule has 0 aromatic rings. The van der Waals surface area contributed by atoms with E-state index in [-0.39, 0.29) is 31.6 Å². The second-order valence-electron chi connectivity index (χ2n) is 23.4. The van der Waals surface area contributed by atoms with E-state index in [1.165, 1.54) is 225 Å². The Hall–Kier alpha value is -3.67. The van der Waals surface area contributed by atoms with E-state index >= 15 is 0 Å². The number of unbranched alkanes of at least 4 members (excludes halogenated alkanes) is 38. The monoisotopic (exact) mass is 1140 g/mol. The summed E-state index contributed by atoms with van der Waals surface area (Å²) in [6.07, 6.45) is 94.7. The van der Waals surface area contributed by atoms with Gasteiger partial charge in [-0.3, -0.25) is 14.4 Å². The standard InChI is InChI=1S/C76H132O6/c1-4-7-10-13-16-19-22-25-28-30-32-33-34-35-36-37-38-39-40-41-42-43-44-46-48-51-54-57-60-63-66-69-75(78)81-72-73(71-80-74(77)68-65-62-59-56-53-50-47-27-24-21-18-15-12-9-6-3)82-76(79)70-67-64-61-58-55-52-49-45-31-29-26-23-20-17-14-11-8-5-2/h9,12,18,20-21,23,27,29-32,47,53,56,62,65,73H,4-8,10-11,13-17,19,22,24-26,28,33-46,48-52,54-55,57-61,63-64,66-72H2,1-3H3/b12-9-,21-18-,23-20-,31-29-,32-30-,47-27-,56-53-,65-62-. The highest BCUT2D eigenvalue weighted by atomic mass is 16.6. The van der Waals surface area contributed by atoms with Crippen LogP contribution in [0.3, 0.4) is 0 Å². The molecule has 0 heterocycles. The Morgan fingerprint density at radius 2 is 0.524 bits per heavy atom. The Morgan fingerprint density at radius 3 is 0.878 bits per heavy atom. The predicted molar refractivity (Wildman–Crippen MR) is 357 cm³/mol. The Bertz CT molecular complexity index is 1590. The van der Waals surface area contributed by atoms with Gasteiger partial charge < -0.3 is 14.2 Å². The maximum atomic E-state index is 12.9. The molecule has 0 rings (SSSR count). The number of ether oxygens (including phenoxy) is 3. The second kappa shape index (κ2) is 69.8. The normalized spacial score (nSPS) is 12.7. The SMILES string of the molecule is CC/C=C\C/C=C\C/C=C\C/C=C\C/C=C\CC(=O)OCC(COC(=O)CCCCCCCCCCCCCCCCCCCCC/C=C\CCCCCCCCCC)OC(=O)CCCCCCCCC/C=C\C/C=C\CCCCCC. The first-order valence-corrected chi connectivity index (χ1v) is 35.2. The molecule has 6 heteroatoms. The first kappa shape index (κ1) is 78.3. The fourth-order valence-electron chi connectivity index (χ4n) is 10.1. The lowest BCUT2D eigenvalue weighted by Gasteiger charge is -2.18. The Morgan fingerprint density at radius 1 is 0.268 bits per heavy atom. The van der Waals surface area contributed by atoms with Gasteiger partial charge in [0.15, 0.2) is 6.10 Å². The molecule has 1 atom stereocenters. The fourth-order valence-corrected chi connectivity index (χ4v) is 10.1. The molecule has 0 aliphatic carbocycles. The summed E-state index contributed by atoms with van der Waals surface area (Å²) in [5.74, 6) is -1.04. The van der Waals surface area contributed by atoms with Crippen LogP contribution in [0.15, 0.2) is 97.2 Å². The van der Waals surface area contributed by atoms with E-state index in [2.05, 4.69) is 106 Å². The van der Waals surface area contributed by atoms with Crippen LogP contribution in [0.25, 0.3) is 0 Å². The van der Waals surface area contributed by atoms with Gasteiger partial charge in [0.25, 0.3) is 0 Å². The van der Waals surface area contributed by atoms with Crippen molar-refractivity contribution >= 4 is 17.9 Å². The van der Waals surface area contributed by atoms with Crippen LogP contribution in [-0.2, 0) is 28.6 Å². The number of hydrogen-bond acceptors (Lipinski definition) is 6. The highest BCUT2D eigenvalue weighted by Gasteiger charge is 2.19. The van der Waals surface area contributed by atoms with Crippen molar-refractivity contribution in [1.29, 1.82) is 0 Å². The van der Waals surface area contributed by atoms with E-state index in [0.29, 0.717) is 12.8 Å². The topological polar surface area (TPSA) is 78.9 Å². The molecule has 0 saturated carbocycles. The van der Waals surface area contributed by atoms with E-state index < -0.39 is 12.1 Å². The maximum absolute atomic E-state index is 12.9. The van der Waals surface area contributed by atoms with Crippen molar-refractivity contribution in [3.8, 4) is 0 Å². The van der Waals surface area contributed by atoms with Gasteiger partial charge >= 0.3 is 17.9 Å². The summed E-state index contributed by atoms with van der Waals surface area (Å²) in [4.78, 5) is 38.3. The zero-order chi connectivity index (χ0) is 59.2. The first-order chi connectivity index (χ1) is 40.5. The van der Waals surface area contributed by atoms with E-state index in [0.717, 1.165) is 83.5 Å². The van der Waals surface area contributed by atoms with E-state index in [1.54, 1.807) is 6.08 Å². The zero-order valence-electron chi connectivity index (χ0n) is 54.2. The average Bonchev–Trinajstić information content (AvgIpc) is 3.47. The number of allylic oxidation sites excluding steroid dienone is 15. The van der Waals surface area contributed by atoms with Crippen LogP contribution in [-0.4, -0.2) is 37.2 Å². The van der Waals surface area contributed by atoms with Crippen LogP contribution in [0, 0.1) is 0 Å². The fraction of sp³-hybridized carbons (Fsp3) is 0.750. The number of esters is 3. The summed E-state index contributed by atoms with van der Waals surface area (Å²) in [5.41, 5.74) is 0. The molecule has 472 valence electrons. The maximum Gasteiger partial charge on any atom is 0.309 e. The summed E-state index contributed by atoms with van der Waals surface area (Å²) in [6, 6.07) is 0. The molecule has 0 fully saturated rings. The van der Waals surface area contributed by atoms with Crippen molar-refractivity contribution in [2.75, 3.05) is 13.2 Å². The second-order valence-corrected chi connectivity index (χ2v) is 23.4. The molecule has 1 unspecified atom stereocenters. The van der Waals surface area contributed by atoms with Crippen LogP contribution < -0.4 is 0 Å². The summed E-state index contributed by atoms with van der Waals surface area (Å²) in [5, 5.41) is 0. The number of carbonyl (C=O) groups is 3. The van der Waals surface area contributed by atoms with E-state index in [4.69, 9.17) is 14.2 Å². The third-order valence-electron chi connectivity index (χ3n) is 15.3. The molecule has 0 saturated heterocycles. The third kappa shape index (κ3) is 67.1. The van der Waals surface area contributed by atoms with Crippen LogP contribution in [0.1, 0.15) is 348 Å². The van der Waals surface area contributed by atoms with E-state index in [9.17, 15) is 14.4 Å². The van der Waals surface area contributed by atoms with Crippen molar-refractivity contribution in [3.05, 3.63) is 97.2 Å². The zero-order valence-corrected chi connectivity index (χ0v) is 54.2. The van der Waals surface area contributed by atoms with Gasteiger partial charge in [-0.1, -0.05) is 323 Å². The van der Waals surface area contributed by atoms with Gasteiger partial charge in [-0.05, 0) is 103 Å². The minimum Gasteiger partial charge on any atom is -0.462 e. The smallest absolute Gasteiger partial charge is 0.309 e. The number of carbonyl (C=O) groups excluding carboxylic acids is 3. The summed E-state index contributed by atoms with van der Waals surface area (Å²) in [6.45, 7) is 6.45. The third-order valence-corrected chi connectivity index (χ3v) is 15.3. The molecule has 0 aliphatic rings. The minimum absolute atomic E-state index is 0.109. The quantitative estimate of drug-likeness (QED) is 0.0261. The van der Waals surface area contributed by atoms with Crippen molar-refractivity contribution in [2.45, 2.75) is 354 Å². The molecule has 0 aliphatic heterocycles. The minimum atomic E-state index is -0.823. The van der Waals surface area contributed by atoms with E-state index in [1.807, 2.05) is 6.08 Å². The summed E-state index contributed by atoms with van der Waals surface area (Å²) in [7, 11) is 0. The van der Waals surface area contributed by atoms with Gasteiger partial charge in [-0.25, -0.2) is 0 Å². The van der Waals surface area contributed by atoms with Gasteiger partial charge in [-0.2, -0.15) is 0 Å². The molecule has 0 radical (unpaired) electrons. The molecular formula is C76H132O6. The van der Waals surface area contributed by atoms with Crippen LogP contribution in [0.2, 0.25) is 0 Å². The van der Waals surface area contributed by atoms with Gasteiger partial charge in [-0.15, -0.1) is 0 Å². The number of rotatable bonds is 64. The highest BCUT2D eigenvalue weighted by Crippen LogP contribution is 2.17. The summed E-state index contributed by atoms with van der Waals surface area (Å²) < 4.78 is 16.8. The first-order valence-electron chi connectivity index (χ1n) is 35.2. The lowest BCUT2D eigenvalue weighted by molar-refractivity contribution is -0.166. The molecule has 6 nitrogen and oxygen atoms in total. The molecule has 0 aromatic heterocycles. The Balaban J connectivity index is 4.27. The van der Waals surface area contributed by atoms with Gasteiger partial charge in [0.1, 0.15) is 13.2 Å².